The molecule has 1 fully saturated rings. The van der Waals surface area contributed by atoms with Gasteiger partial charge in [0.1, 0.15) is 37.1 Å². The molecule has 0 bridgehead atoms. The number of hydrogen-bond donors (Lipinski definition) is 1. The smallest absolute Gasteiger partial charge is 0.161 e. The third-order valence-electron chi connectivity index (χ3n) is 8.23. The Morgan fingerprint density at radius 2 is 1.57 bits per heavy atom. The Hall–Kier alpha value is -3.46. The van der Waals surface area contributed by atoms with Gasteiger partial charge in [0, 0.05) is 56.9 Å². The van der Waals surface area contributed by atoms with Crippen molar-refractivity contribution in [3.63, 3.8) is 0 Å². The molecular weight excluding hydrogens is 530 g/mol. The molecule has 1 saturated heterocycles. The molecule has 0 spiro atoms. The molecule has 0 aliphatic carbocycles. The monoisotopic (exact) mass is 575 g/mol. The Bertz CT molecular complexity index is 1340. The van der Waals surface area contributed by atoms with Gasteiger partial charge >= 0.3 is 0 Å². The summed E-state index contributed by atoms with van der Waals surface area (Å²) < 4.78 is 29.4. The van der Waals surface area contributed by atoms with Crippen LogP contribution in [0.5, 0.6) is 28.7 Å². The molecule has 42 heavy (non-hydrogen) atoms. The summed E-state index contributed by atoms with van der Waals surface area (Å²) in [6.45, 7) is 14.2. The standard InChI is InChI=1S/C34H45N3O5/c1-24-26(8-7-9-28(24)25-10-11-30-33(18-25)41-17-16-40-30)22-42-27-19-31(38-5)29(32(20-27)39-6)21-35-34(2,3)23-37-14-12-36(4)13-15-37/h7-11,18-20,35H,12-17,21-23H2,1-6H3. The summed E-state index contributed by atoms with van der Waals surface area (Å²) in [6.07, 6.45) is 0. The van der Waals surface area contributed by atoms with E-state index in [1.165, 1.54) is 0 Å². The Balaban J connectivity index is 1.27. The van der Waals surface area contributed by atoms with E-state index in [1.807, 2.05) is 18.2 Å². The van der Waals surface area contributed by atoms with E-state index in [4.69, 9.17) is 23.7 Å². The van der Waals surface area contributed by atoms with Gasteiger partial charge < -0.3 is 33.9 Å². The van der Waals surface area contributed by atoms with Gasteiger partial charge in [0.2, 0.25) is 0 Å². The molecule has 0 radical (unpaired) electrons. The number of benzene rings is 3. The molecule has 1 N–H and O–H groups in total. The lowest BCUT2D eigenvalue weighted by Crippen LogP contribution is -2.53. The van der Waals surface area contributed by atoms with Crippen molar-refractivity contribution in [2.45, 2.75) is 39.5 Å². The molecule has 226 valence electrons. The maximum Gasteiger partial charge on any atom is 0.161 e. The Labute approximate surface area is 250 Å². The van der Waals surface area contributed by atoms with Crippen LogP contribution in [0.1, 0.15) is 30.5 Å². The van der Waals surface area contributed by atoms with Gasteiger partial charge in [-0.2, -0.15) is 0 Å². The number of nitrogens with one attached hydrogen (secondary N) is 1. The second-order valence-corrected chi connectivity index (χ2v) is 11.9. The number of piperazine rings is 1. The van der Waals surface area contributed by atoms with E-state index < -0.39 is 0 Å². The Kier molecular flexibility index (Phi) is 9.46. The highest BCUT2D eigenvalue weighted by atomic mass is 16.6. The summed E-state index contributed by atoms with van der Waals surface area (Å²) >= 11 is 0. The van der Waals surface area contributed by atoms with Crippen LogP contribution in [-0.4, -0.2) is 82.5 Å². The second-order valence-electron chi connectivity index (χ2n) is 11.9. The number of likely N-dealkylation sites (N-methyl/N-ethyl adjacent to an activating group) is 1. The highest BCUT2D eigenvalue weighted by Crippen LogP contribution is 2.37. The van der Waals surface area contributed by atoms with E-state index in [-0.39, 0.29) is 5.54 Å². The number of fused-ring (bicyclic) bond motifs is 1. The largest absolute Gasteiger partial charge is 0.496 e. The van der Waals surface area contributed by atoms with Crippen molar-refractivity contribution >= 4 is 0 Å². The van der Waals surface area contributed by atoms with E-state index in [2.05, 4.69) is 73.3 Å². The lowest BCUT2D eigenvalue weighted by atomic mass is 9.96. The van der Waals surface area contributed by atoms with Crippen LogP contribution >= 0.6 is 0 Å². The average Bonchev–Trinajstić information content (AvgIpc) is 3.00. The van der Waals surface area contributed by atoms with Crippen molar-refractivity contribution in [1.82, 2.24) is 15.1 Å². The average molecular weight is 576 g/mol. The maximum absolute atomic E-state index is 6.31. The van der Waals surface area contributed by atoms with Crippen molar-refractivity contribution in [2.75, 3.05) is 67.2 Å². The summed E-state index contributed by atoms with van der Waals surface area (Å²) in [5.74, 6) is 3.77. The lowest BCUT2D eigenvalue weighted by molar-refractivity contribution is 0.123. The van der Waals surface area contributed by atoms with Crippen LogP contribution in [0.2, 0.25) is 0 Å². The summed E-state index contributed by atoms with van der Waals surface area (Å²) in [5.41, 5.74) is 5.42. The molecule has 5 rings (SSSR count). The third-order valence-corrected chi connectivity index (χ3v) is 8.23. The quantitative estimate of drug-likeness (QED) is 0.337. The van der Waals surface area contributed by atoms with Crippen LogP contribution in [-0.2, 0) is 13.2 Å². The first-order chi connectivity index (χ1) is 20.3. The molecule has 0 aromatic heterocycles. The van der Waals surface area contributed by atoms with Crippen LogP contribution in [0.3, 0.4) is 0 Å². The van der Waals surface area contributed by atoms with Crippen molar-refractivity contribution in [3.05, 3.63) is 65.2 Å². The van der Waals surface area contributed by atoms with Crippen LogP contribution < -0.4 is 29.0 Å². The zero-order valence-corrected chi connectivity index (χ0v) is 25.9. The van der Waals surface area contributed by atoms with Gasteiger partial charge in [0.15, 0.2) is 11.5 Å². The van der Waals surface area contributed by atoms with Crippen LogP contribution in [0.25, 0.3) is 11.1 Å². The van der Waals surface area contributed by atoms with Gasteiger partial charge in [-0.05, 0) is 62.2 Å². The van der Waals surface area contributed by atoms with Crippen LogP contribution in [0, 0.1) is 6.92 Å². The fraction of sp³-hybridized carbons (Fsp3) is 0.471. The van der Waals surface area contributed by atoms with E-state index in [9.17, 15) is 0 Å². The fourth-order valence-corrected chi connectivity index (χ4v) is 5.69. The van der Waals surface area contributed by atoms with Crippen LogP contribution in [0.4, 0.5) is 0 Å². The van der Waals surface area contributed by atoms with Gasteiger partial charge in [-0.1, -0.05) is 24.3 Å². The first kappa shape index (κ1) is 30.0. The van der Waals surface area contributed by atoms with E-state index in [1.54, 1.807) is 14.2 Å². The molecule has 0 saturated carbocycles. The van der Waals surface area contributed by atoms with Crippen molar-refractivity contribution in [2.24, 2.45) is 0 Å². The summed E-state index contributed by atoms with van der Waals surface area (Å²) in [5, 5.41) is 3.74. The molecule has 0 unspecified atom stereocenters. The third kappa shape index (κ3) is 7.12. The molecule has 0 amide bonds. The van der Waals surface area contributed by atoms with Gasteiger partial charge in [0.25, 0.3) is 0 Å². The SMILES string of the molecule is COc1cc(OCc2cccc(-c3ccc4c(c3)OCCO4)c2C)cc(OC)c1CNC(C)(C)CN1CCN(C)CC1. The number of nitrogens with zero attached hydrogens (tertiary/aromatic N) is 2. The minimum atomic E-state index is -0.0686. The van der Waals surface area contributed by atoms with Gasteiger partial charge in [-0.15, -0.1) is 0 Å². The fourth-order valence-electron chi connectivity index (χ4n) is 5.69. The topological polar surface area (TPSA) is 64.7 Å². The number of hydrogen-bond acceptors (Lipinski definition) is 8. The second kappa shape index (κ2) is 13.2. The van der Waals surface area contributed by atoms with Gasteiger partial charge in [-0.25, -0.2) is 0 Å². The minimum Gasteiger partial charge on any atom is -0.496 e. The molecule has 2 aliphatic rings. The first-order valence-electron chi connectivity index (χ1n) is 14.8. The Morgan fingerprint density at radius 3 is 2.26 bits per heavy atom. The summed E-state index contributed by atoms with van der Waals surface area (Å²) in [4.78, 5) is 4.91. The summed E-state index contributed by atoms with van der Waals surface area (Å²) in [7, 11) is 5.57. The van der Waals surface area contributed by atoms with Crippen molar-refractivity contribution in [1.29, 1.82) is 0 Å². The number of methoxy groups -OCH3 is 2. The highest BCUT2D eigenvalue weighted by Gasteiger charge is 2.25. The molecular formula is C34H45N3O5. The number of ether oxygens (including phenoxy) is 5. The van der Waals surface area contributed by atoms with E-state index >= 15 is 0 Å². The highest BCUT2D eigenvalue weighted by molar-refractivity contribution is 5.71. The molecule has 3 aromatic carbocycles. The zero-order chi connectivity index (χ0) is 29.7. The van der Waals surface area contributed by atoms with Gasteiger partial charge in [-0.3, -0.25) is 4.90 Å². The van der Waals surface area contributed by atoms with E-state index in [0.717, 1.165) is 83.5 Å². The molecule has 8 heteroatoms. The zero-order valence-electron chi connectivity index (χ0n) is 25.9. The Morgan fingerprint density at radius 1 is 0.881 bits per heavy atom. The molecule has 0 atom stereocenters. The molecule has 2 heterocycles. The van der Waals surface area contributed by atoms with Crippen LogP contribution in [0.15, 0.2) is 48.5 Å². The summed E-state index contributed by atoms with van der Waals surface area (Å²) in [6, 6.07) is 16.3. The van der Waals surface area contributed by atoms with Crippen molar-refractivity contribution in [3.8, 4) is 39.9 Å². The normalized spacial score (nSPS) is 15.9. The minimum absolute atomic E-state index is 0.0686. The van der Waals surface area contributed by atoms with E-state index in [0.29, 0.717) is 32.1 Å². The van der Waals surface area contributed by atoms with Gasteiger partial charge in [0.05, 0.1) is 19.8 Å². The first-order valence-corrected chi connectivity index (χ1v) is 14.8. The van der Waals surface area contributed by atoms with Crippen molar-refractivity contribution < 1.29 is 23.7 Å². The molecule has 3 aromatic rings. The maximum atomic E-state index is 6.31. The lowest BCUT2D eigenvalue weighted by Gasteiger charge is -2.38. The predicted octanol–water partition coefficient (Wildman–Crippen LogP) is 5.15. The predicted molar refractivity (Wildman–Crippen MR) is 166 cm³/mol. The molecule has 8 nitrogen and oxygen atoms in total. The molecule has 2 aliphatic heterocycles. The number of rotatable bonds is 11.